The summed E-state index contributed by atoms with van der Waals surface area (Å²) in [4.78, 5) is 0. The second-order valence-electron chi connectivity index (χ2n) is 8.33. The van der Waals surface area contributed by atoms with Gasteiger partial charge in [-0.2, -0.15) is 0 Å². The molecule has 18 heavy (non-hydrogen) atoms. The molecule has 0 spiro atoms. The molecule has 2 N–H and O–H groups in total. The Labute approximate surface area is 112 Å². The average Bonchev–Trinajstić information content (AvgIpc) is 2.79. The highest BCUT2D eigenvalue weighted by molar-refractivity contribution is 5.03. The van der Waals surface area contributed by atoms with E-state index >= 15 is 0 Å². The zero-order valence-corrected chi connectivity index (χ0v) is 11.7. The van der Waals surface area contributed by atoms with E-state index < -0.39 is 0 Å². The Morgan fingerprint density at radius 3 is 1.89 bits per heavy atom. The molecule has 1 unspecified atom stereocenters. The average molecular weight is 247 g/mol. The molecule has 4 bridgehead atoms. The molecular weight excluding hydrogens is 218 g/mol. The lowest BCUT2D eigenvalue weighted by atomic mass is 9.48. The minimum atomic E-state index is 0.531. The summed E-state index contributed by atoms with van der Waals surface area (Å²) < 4.78 is 0. The maximum Gasteiger partial charge on any atom is 0.00724 e. The largest absolute Gasteiger partial charge is 0.327 e. The van der Waals surface area contributed by atoms with E-state index in [1.807, 2.05) is 0 Å². The van der Waals surface area contributed by atoms with Gasteiger partial charge in [-0.3, -0.25) is 0 Å². The summed E-state index contributed by atoms with van der Waals surface area (Å²) in [5.74, 6) is 4.14. The highest BCUT2D eigenvalue weighted by Gasteiger charge is 2.51. The van der Waals surface area contributed by atoms with Crippen LogP contribution in [0.3, 0.4) is 0 Å². The minimum absolute atomic E-state index is 0.531. The normalized spacial score (nSPS) is 48.8. The van der Waals surface area contributed by atoms with Gasteiger partial charge >= 0.3 is 0 Å². The number of hydrogen-bond donors (Lipinski definition) is 1. The molecule has 5 saturated carbocycles. The van der Waals surface area contributed by atoms with Crippen LogP contribution in [0.5, 0.6) is 0 Å². The van der Waals surface area contributed by atoms with Crippen molar-refractivity contribution in [3.8, 4) is 0 Å². The summed E-state index contributed by atoms with van der Waals surface area (Å²) in [6, 6.07) is 0.531. The van der Waals surface area contributed by atoms with E-state index in [0.717, 1.165) is 23.7 Å². The van der Waals surface area contributed by atoms with Crippen LogP contribution in [-0.4, -0.2) is 6.04 Å². The van der Waals surface area contributed by atoms with E-state index in [-0.39, 0.29) is 0 Å². The molecule has 0 aromatic heterocycles. The van der Waals surface area contributed by atoms with E-state index in [2.05, 4.69) is 0 Å². The van der Waals surface area contributed by atoms with Gasteiger partial charge in [0, 0.05) is 6.04 Å². The van der Waals surface area contributed by atoms with Crippen LogP contribution in [0.2, 0.25) is 0 Å². The topological polar surface area (TPSA) is 26.0 Å². The van der Waals surface area contributed by atoms with Gasteiger partial charge < -0.3 is 5.73 Å². The molecule has 0 heterocycles. The quantitative estimate of drug-likeness (QED) is 0.798. The summed E-state index contributed by atoms with van der Waals surface area (Å²) in [5.41, 5.74) is 7.31. The monoisotopic (exact) mass is 247 g/mol. The third kappa shape index (κ3) is 1.94. The van der Waals surface area contributed by atoms with Crippen LogP contribution in [0.1, 0.15) is 70.6 Å². The Balaban J connectivity index is 1.46. The van der Waals surface area contributed by atoms with E-state index in [4.69, 9.17) is 5.73 Å². The summed E-state index contributed by atoms with van der Waals surface area (Å²) in [6.45, 7) is 0. The van der Waals surface area contributed by atoms with Crippen LogP contribution in [-0.2, 0) is 0 Å². The number of rotatable bonds is 3. The lowest BCUT2D eigenvalue weighted by Crippen LogP contribution is -2.49. The van der Waals surface area contributed by atoms with Crippen molar-refractivity contribution in [2.24, 2.45) is 34.8 Å². The van der Waals surface area contributed by atoms with Crippen LogP contribution < -0.4 is 5.73 Å². The van der Waals surface area contributed by atoms with E-state index in [9.17, 15) is 0 Å². The summed E-state index contributed by atoms with van der Waals surface area (Å²) in [6.07, 6.45) is 16.4. The number of hydrogen-bond acceptors (Lipinski definition) is 1. The van der Waals surface area contributed by atoms with Crippen molar-refractivity contribution >= 4 is 0 Å². The molecule has 0 saturated heterocycles. The third-order valence-electron chi connectivity index (χ3n) is 6.84. The molecule has 5 aliphatic carbocycles. The Bertz CT molecular complexity index is 280. The molecule has 0 aliphatic heterocycles. The SMILES string of the molecule is NC(CC12CC3CC(CC(C3)C1)C2)C1CCCC1. The van der Waals surface area contributed by atoms with Gasteiger partial charge in [0.25, 0.3) is 0 Å². The van der Waals surface area contributed by atoms with E-state index in [1.165, 1.54) is 32.1 Å². The molecule has 5 aliphatic rings. The fourth-order valence-electron chi connectivity index (χ4n) is 6.59. The smallest absolute Gasteiger partial charge is 0.00724 e. The molecule has 102 valence electrons. The van der Waals surface area contributed by atoms with Gasteiger partial charge in [-0.25, -0.2) is 0 Å². The molecule has 5 rings (SSSR count). The zero-order chi connectivity index (χ0) is 12.2. The standard InChI is InChI=1S/C17H29N/c18-16(15-3-1-2-4-15)11-17-8-12-5-13(9-17)7-14(6-12)10-17/h12-16H,1-11,18H2. The molecule has 0 aromatic carbocycles. The fraction of sp³-hybridized carbons (Fsp3) is 1.00. The molecule has 1 heteroatoms. The van der Waals surface area contributed by atoms with Crippen molar-refractivity contribution in [1.29, 1.82) is 0 Å². The first-order chi connectivity index (χ1) is 8.72. The Morgan fingerprint density at radius 1 is 0.889 bits per heavy atom. The second kappa shape index (κ2) is 4.23. The minimum Gasteiger partial charge on any atom is -0.327 e. The summed E-state index contributed by atoms with van der Waals surface area (Å²) in [5, 5.41) is 0. The van der Waals surface area contributed by atoms with Crippen LogP contribution in [0.4, 0.5) is 0 Å². The van der Waals surface area contributed by atoms with Gasteiger partial charge in [0.05, 0.1) is 0 Å². The highest BCUT2D eigenvalue weighted by Crippen LogP contribution is 2.61. The summed E-state index contributed by atoms with van der Waals surface area (Å²) >= 11 is 0. The molecule has 0 amide bonds. The van der Waals surface area contributed by atoms with E-state index in [1.54, 1.807) is 38.5 Å². The Kier molecular flexibility index (Phi) is 2.76. The fourth-order valence-corrected chi connectivity index (χ4v) is 6.59. The lowest BCUT2D eigenvalue weighted by Gasteiger charge is -2.57. The van der Waals surface area contributed by atoms with Gasteiger partial charge in [0.2, 0.25) is 0 Å². The molecular formula is C17H29N. The van der Waals surface area contributed by atoms with Gasteiger partial charge in [0.1, 0.15) is 0 Å². The van der Waals surface area contributed by atoms with Crippen LogP contribution in [0, 0.1) is 29.1 Å². The second-order valence-corrected chi connectivity index (χ2v) is 8.33. The molecule has 0 aromatic rings. The molecule has 5 fully saturated rings. The van der Waals surface area contributed by atoms with Crippen LogP contribution in [0.15, 0.2) is 0 Å². The third-order valence-corrected chi connectivity index (χ3v) is 6.84. The zero-order valence-electron chi connectivity index (χ0n) is 11.7. The van der Waals surface area contributed by atoms with Crippen LogP contribution >= 0.6 is 0 Å². The Hall–Kier alpha value is -0.0400. The van der Waals surface area contributed by atoms with Gasteiger partial charge in [-0.15, -0.1) is 0 Å². The Morgan fingerprint density at radius 2 is 1.39 bits per heavy atom. The van der Waals surface area contributed by atoms with Crippen molar-refractivity contribution < 1.29 is 0 Å². The van der Waals surface area contributed by atoms with Gasteiger partial charge in [-0.1, -0.05) is 12.8 Å². The first kappa shape index (κ1) is 11.8. The molecule has 1 nitrogen and oxygen atoms in total. The van der Waals surface area contributed by atoms with Crippen molar-refractivity contribution in [2.75, 3.05) is 0 Å². The number of nitrogens with two attached hydrogens (primary N) is 1. The van der Waals surface area contributed by atoms with Crippen molar-refractivity contribution in [3.63, 3.8) is 0 Å². The lowest BCUT2D eigenvalue weighted by molar-refractivity contribution is -0.0627. The van der Waals surface area contributed by atoms with E-state index in [0.29, 0.717) is 11.5 Å². The van der Waals surface area contributed by atoms with Gasteiger partial charge in [0.15, 0.2) is 0 Å². The summed E-state index contributed by atoms with van der Waals surface area (Å²) in [7, 11) is 0. The van der Waals surface area contributed by atoms with Crippen molar-refractivity contribution in [2.45, 2.75) is 76.7 Å². The first-order valence-electron chi connectivity index (χ1n) is 8.48. The molecule has 0 radical (unpaired) electrons. The van der Waals surface area contributed by atoms with Crippen molar-refractivity contribution in [3.05, 3.63) is 0 Å². The van der Waals surface area contributed by atoms with Crippen LogP contribution in [0.25, 0.3) is 0 Å². The maximum atomic E-state index is 6.60. The van der Waals surface area contributed by atoms with Gasteiger partial charge in [-0.05, 0) is 86.9 Å². The predicted molar refractivity (Wildman–Crippen MR) is 75.2 cm³/mol. The highest BCUT2D eigenvalue weighted by atomic mass is 14.7. The first-order valence-corrected chi connectivity index (χ1v) is 8.48. The van der Waals surface area contributed by atoms with Crippen molar-refractivity contribution in [1.82, 2.24) is 0 Å². The predicted octanol–water partition coefficient (Wildman–Crippen LogP) is 4.11. The molecule has 1 atom stereocenters. The maximum absolute atomic E-state index is 6.60.